The molecule has 1 saturated heterocycles. The van der Waals surface area contributed by atoms with Gasteiger partial charge in [0.25, 0.3) is 0 Å². The van der Waals surface area contributed by atoms with E-state index < -0.39 is 10.0 Å². The maximum atomic E-state index is 12.4. The number of nitrogen functional groups attached to an aromatic ring is 1. The first-order valence-corrected chi connectivity index (χ1v) is 8.35. The SMILES string of the molecule is Cc1c(N)cc(S(=O)(=O)NC2CCOC(C)C2)cc1Cl. The van der Waals surface area contributed by atoms with Crippen LogP contribution < -0.4 is 10.5 Å². The van der Waals surface area contributed by atoms with Crippen molar-refractivity contribution in [3.8, 4) is 0 Å². The molecule has 0 saturated carbocycles. The number of ether oxygens (including phenoxy) is 1. The van der Waals surface area contributed by atoms with Crippen LogP contribution in [0.3, 0.4) is 0 Å². The van der Waals surface area contributed by atoms with Gasteiger partial charge in [-0.2, -0.15) is 0 Å². The van der Waals surface area contributed by atoms with Crippen LogP contribution in [0.25, 0.3) is 0 Å². The zero-order chi connectivity index (χ0) is 14.9. The summed E-state index contributed by atoms with van der Waals surface area (Å²) in [5, 5.41) is 0.353. The van der Waals surface area contributed by atoms with E-state index in [0.717, 1.165) is 0 Å². The van der Waals surface area contributed by atoms with E-state index in [9.17, 15) is 8.42 Å². The summed E-state index contributed by atoms with van der Waals surface area (Å²) in [5.41, 5.74) is 6.84. The van der Waals surface area contributed by atoms with E-state index in [-0.39, 0.29) is 17.0 Å². The van der Waals surface area contributed by atoms with E-state index in [1.807, 2.05) is 6.92 Å². The van der Waals surface area contributed by atoms with Crippen molar-refractivity contribution in [3.63, 3.8) is 0 Å². The van der Waals surface area contributed by atoms with E-state index in [1.54, 1.807) is 6.92 Å². The molecule has 0 radical (unpaired) electrons. The molecule has 2 rings (SSSR count). The molecule has 1 fully saturated rings. The molecule has 0 spiro atoms. The predicted molar refractivity (Wildman–Crippen MR) is 79.4 cm³/mol. The highest BCUT2D eigenvalue weighted by Gasteiger charge is 2.25. The fourth-order valence-electron chi connectivity index (χ4n) is 2.22. The Morgan fingerprint density at radius 1 is 1.45 bits per heavy atom. The maximum absolute atomic E-state index is 12.4. The van der Waals surface area contributed by atoms with Crippen molar-refractivity contribution in [1.82, 2.24) is 4.72 Å². The van der Waals surface area contributed by atoms with Crippen LogP contribution in [0.2, 0.25) is 5.02 Å². The van der Waals surface area contributed by atoms with Gasteiger partial charge in [0, 0.05) is 23.4 Å². The maximum Gasteiger partial charge on any atom is 0.240 e. The monoisotopic (exact) mass is 318 g/mol. The summed E-state index contributed by atoms with van der Waals surface area (Å²) in [6.07, 6.45) is 1.38. The van der Waals surface area contributed by atoms with Gasteiger partial charge in [0.1, 0.15) is 0 Å². The molecule has 2 atom stereocenters. The van der Waals surface area contributed by atoms with Gasteiger partial charge in [-0.25, -0.2) is 13.1 Å². The van der Waals surface area contributed by atoms with Crippen LogP contribution in [0.15, 0.2) is 17.0 Å². The molecule has 0 aromatic heterocycles. The van der Waals surface area contributed by atoms with Gasteiger partial charge in [-0.3, -0.25) is 0 Å². The number of nitrogens with two attached hydrogens (primary N) is 1. The fraction of sp³-hybridized carbons (Fsp3) is 0.538. The molecule has 1 aliphatic heterocycles. The molecular weight excluding hydrogens is 300 g/mol. The minimum absolute atomic E-state index is 0.0584. The Morgan fingerprint density at radius 3 is 2.75 bits per heavy atom. The Balaban J connectivity index is 2.22. The predicted octanol–water partition coefficient (Wildman–Crippen LogP) is 2.08. The third kappa shape index (κ3) is 3.44. The zero-order valence-corrected chi connectivity index (χ0v) is 13.1. The summed E-state index contributed by atoms with van der Waals surface area (Å²) in [7, 11) is -3.62. The van der Waals surface area contributed by atoms with Gasteiger partial charge < -0.3 is 10.5 Å². The van der Waals surface area contributed by atoms with E-state index in [1.165, 1.54) is 12.1 Å². The highest BCUT2D eigenvalue weighted by molar-refractivity contribution is 7.89. The highest BCUT2D eigenvalue weighted by atomic mass is 35.5. The third-order valence-electron chi connectivity index (χ3n) is 3.48. The number of hydrogen-bond donors (Lipinski definition) is 2. The van der Waals surface area contributed by atoms with Crippen LogP contribution in [0.5, 0.6) is 0 Å². The Hall–Kier alpha value is -0.820. The number of benzene rings is 1. The summed E-state index contributed by atoms with van der Waals surface area (Å²) < 4.78 is 32.8. The standard InChI is InChI=1S/C13H19ClN2O3S/c1-8-5-10(3-4-19-8)16-20(17,18)11-6-12(14)9(2)13(15)7-11/h6-8,10,16H,3-5,15H2,1-2H3. The summed E-state index contributed by atoms with van der Waals surface area (Å²) in [6, 6.07) is 2.75. The number of sulfonamides is 1. The van der Waals surface area contributed by atoms with E-state index in [2.05, 4.69) is 4.72 Å². The molecule has 2 unspecified atom stereocenters. The first kappa shape index (κ1) is 15.6. The van der Waals surface area contributed by atoms with E-state index >= 15 is 0 Å². The topological polar surface area (TPSA) is 81.4 Å². The summed E-state index contributed by atoms with van der Waals surface area (Å²) in [4.78, 5) is 0.102. The highest BCUT2D eigenvalue weighted by Crippen LogP contribution is 2.26. The lowest BCUT2D eigenvalue weighted by Crippen LogP contribution is -2.41. The van der Waals surface area contributed by atoms with Gasteiger partial charge in [0.05, 0.1) is 11.0 Å². The van der Waals surface area contributed by atoms with Crippen LogP contribution in [0, 0.1) is 6.92 Å². The van der Waals surface area contributed by atoms with Gasteiger partial charge in [0.2, 0.25) is 10.0 Å². The average Bonchev–Trinajstić information content (AvgIpc) is 2.34. The quantitative estimate of drug-likeness (QED) is 0.836. The molecule has 1 aliphatic rings. The molecule has 5 nitrogen and oxygen atoms in total. The van der Waals surface area contributed by atoms with Crippen molar-refractivity contribution in [1.29, 1.82) is 0 Å². The fourth-order valence-corrected chi connectivity index (χ4v) is 3.86. The number of halogens is 1. The summed E-state index contributed by atoms with van der Waals surface area (Å²) >= 11 is 6.00. The number of nitrogens with one attached hydrogen (secondary N) is 1. The Labute approximate surface area is 124 Å². The Morgan fingerprint density at radius 2 is 2.15 bits per heavy atom. The molecule has 7 heteroatoms. The van der Waals surface area contributed by atoms with Crippen LogP contribution in [-0.2, 0) is 14.8 Å². The second-order valence-corrected chi connectivity index (χ2v) is 7.26. The summed E-state index contributed by atoms with van der Waals surface area (Å²) in [5.74, 6) is 0. The first-order chi connectivity index (χ1) is 9.29. The van der Waals surface area contributed by atoms with Crippen molar-refractivity contribution in [2.75, 3.05) is 12.3 Å². The van der Waals surface area contributed by atoms with Gasteiger partial charge in [0.15, 0.2) is 0 Å². The molecule has 1 aromatic rings. The molecule has 1 heterocycles. The second kappa shape index (κ2) is 5.89. The van der Waals surface area contributed by atoms with Gasteiger partial charge in [-0.05, 0) is 44.4 Å². The van der Waals surface area contributed by atoms with E-state index in [0.29, 0.717) is 35.7 Å². The Bertz CT molecular complexity index is 581. The first-order valence-electron chi connectivity index (χ1n) is 6.49. The third-order valence-corrected chi connectivity index (χ3v) is 5.37. The minimum atomic E-state index is -3.62. The second-order valence-electron chi connectivity index (χ2n) is 5.14. The van der Waals surface area contributed by atoms with Gasteiger partial charge in [-0.1, -0.05) is 11.6 Å². The van der Waals surface area contributed by atoms with Crippen molar-refractivity contribution in [2.45, 2.75) is 43.7 Å². The summed E-state index contributed by atoms with van der Waals surface area (Å²) in [6.45, 7) is 4.24. The van der Waals surface area contributed by atoms with Crippen molar-refractivity contribution in [3.05, 3.63) is 22.7 Å². The Kier molecular flexibility index (Phi) is 4.59. The molecule has 3 N–H and O–H groups in total. The van der Waals surface area contributed by atoms with Gasteiger partial charge >= 0.3 is 0 Å². The lowest BCUT2D eigenvalue weighted by Gasteiger charge is -2.27. The van der Waals surface area contributed by atoms with Crippen LogP contribution >= 0.6 is 11.6 Å². The number of hydrogen-bond acceptors (Lipinski definition) is 4. The molecule has 112 valence electrons. The lowest BCUT2D eigenvalue weighted by atomic mass is 10.1. The molecule has 1 aromatic carbocycles. The lowest BCUT2D eigenvalue weighted by molar-refractivity contribution is 0.0173. The number of rotatable bonds is 3. The van der Waals surface area contributed by atoms with Crippen LogP contribution in [0.4, 0.5) is 5.69 Å². The normalized spacial score (nSPS) is 23.8. The number of anilines is 1. The van der Waals surface area contributed by atoms with E-state index in [4.69, 9.17) is 22.1 Å². The van der Waals surface area contributed by atoms with Crippen LogP contribution in [-0.4, -0.2) is 27.2 Å². The molecule has 0 amide bonds. The van der Waals surface area contributed by atoms with Crippen LogP contribution in [0.1, 0.15) is 25.3 Å². The van der Waals surface area contributed by atoms with Crippen molar-refractivity contribution >= 4 is 27.3 Å². The minimum Gasteiger partial charge on any atom is -0.398 e. The zero-order valence-electron chi connectivity index (χ0n) is 11.5. The molecular formula is C13H19ClN2O3S. The molecule has 0 bridgehead atoms. The molecule has 20 heavy (non-hydrogen) atoms. The largest absolute Gasteiger partial charge is 0.398 e. The average molecular weight is 319 g/mol. The van der Waals surface area contributed by atoms with Crippen molar-refractivity contribution < 1.29 is 13.2 Å². The van der Waals surface area contributed by atoms with Crippen molar-refractivity contribution in [2.24, 2.45) is 0 Å². The molecule has 0 aliphatic carbocycles. The smallest absolute Gasteiger partial charge is 0.240 e. The van der Waals surface area contributed by atoms with Gasteiger partial charge in [-0.15, -0.1) is 0 Å².